The highest BCUT2D eigenvalue weighted by Crippen LogP contribution is 2.53. The van der Waals surface area contributed by atoms with E-state index >= 15 is 0 Å². The van der Waals surface area contributed by atoms with Crippen LogP contribution in [0.2, 0.25) is 0 Å². The third-order valence-electron chi connectivity index (χ3n) is 4.79. The van der Waals surface area contributed by atoms with E-state index in [0.717, 1.165) is 11.8 Å². The Labute approximate surface area is 96.2 Å². The molecule has 0 spiro atoms. The second kappa shape index (κ2) is 3.76. The Balaban J connectivity index is 1.68. The average Bonchev–Trinajstić information content (AvgIpc) is 2.23. The molecular weight excluding hydrogens is 200 g/mol. The van der Waals surface area contributed by atoms with Crippen LogP contribution in [0.15, 0.2) is 0 Å². The first-order valence-corrected chi connectivity index (χ1v) is 6.42. The molecule has 4 aliphatic carbocycles. The van der Waals surface area contributed by atoms with Crippen molar-refractivity contribution in [2.45, 2.75) is 44.6 Å². The van der Waals surface area contributed by atoms with Crippen LogP contribution in [0.1, 0.15) is 38.5 Å². The summed E-state index contributed by atoms with van der Waals surface area (Å²) < 4.78 is 0. The average molecular weight is 218 g/mol. The monoisotopic (exact) mass is 218 g/mol. The van der Waals surface area contributed by atoms with Gasteiger partial charge < -0.3 is 5.32 Å². The molecule has 4 saturated carbocycles. The second-order valence-corrected chi connectivity index (χ2v) is 5.86. The summed E-state index contributed by atoms with van der Waals surface area (Å²) >= 11 is 0. The molecule has 1 N–H and O–H groups in total. The van der Waals surface area contributed by atoms with Gasteiger partial charge in [0.1, 0.15) is 6.42 Å². The molecule has 0 heterocycles. The second-order valence-electron chi connectivity index (χ2n) is 5.86. The summed E-state index contributed by atoms with van der Waals surface area (Å²) in [4.78, 5) is 11.5. The Morgan fingerprint density at radius 3 is 2.19 bits per heavy atom. The van der Waals surface area contributed by atoms with Gasteiger partial charge in [0.25, 0.3) is 0 Å². The molecule has 3 heteroatoms. The third kappa shape index (κ3) is 1.61. The van der Waals surface area contributed by atoms with Gasteiger partial charge in [0.15, 0.2) is 0 Å². The van der Waals surface area contributed by atoms with Gasteiger partial charge in [-0.05, 0) is 55.8 Å². The topological polar surface area (TPSA) is 52.9 Å². The molecular formula is C13H18N2O. The van der Waals surface area contributed by atoms with E-state index in [4.69, 9.17) is 5.26 Å². The molecule has 0 aromatic heterocycles. The molecule has 0 saturated heterocycles. The Bertz CT molecular complexity index is 316. The van der Waals surface area contributed by atoms with Crippen molar-refractivity contribution < 1.29 is 4.79 Å². The minimum atomic E-state index is -0.0695. The van der Waals surface area contributed by atoms with Crippen molar-refractivity contribution in [1.29, 1.82) is 5.26 Å². The number of nitrogens with one attached hydrogen (secondary N) is 1. The van der Waals surface area contributed by atoms with Gasteiger partial charge >= 0.3 is 0 Å². The smallest absolute Gasteiger partial charge is 0.234 e. The zero-order valence-corrected chi connectivity index (χ0v) is 9.48. The standard InChI is InChI=1S/C13H18N2O/c14-2-1-12(16)15-13-10-4-8-3-9(6-10)7-11(13)5-8/h8-11,13H,1,3-7H2,(H,15,16). The molecule has 0 atom stereocenters. The molecule has 86 valence electrons. The van der Waals surface area contributed by atoms with Crippen LogP contribution in [-0.2, 0) is 4.79 Å². The van der Waals surface area contributed by atoms with Gasteiger partial charge in [0.05, 0.1) is 6.07 Å². The van der Waals surface area contributed by atoms with E-state index in [2.05, 4.69) is 5.32 Å². The van der Waals surface area contributed by atoms with Crippen LogP contribution >= 0.6 is 0 Å². The molecule has 4 bridgehead atoms. The Morgan fingerprint density at radius 2 is 1.69 bits per heavy atom. The maximum Gasteiger partial charge on any atom is 0.234 e. The number of rotatable bonds is 2. The van der Waals surface area contributed by atoms with Gasteiger partial charge in [-0.25, -0.2) is 0 Å². The van der Waals surface area contributed by atoms with E-state index in [1.165, 1.54) is 32.1 Å². The lowest BCUT2D eigenvalue weighted by molar-refractivity contribution is -0.124. The largest absolute Gasteiger partial charge is 0.352 e. The van der Waals surface area contributed by atoms with Crippen LogP contribution in [0.25, 0.3) is 0 Å². The first-order valence-electron chi connectivity index (χ1n) is 6.42. The number of amides is 1. The Kier molecular flexibility index (Phi) is 2.38. The number of hydrogen-bond acceptors (Lipinski definition) is 2. The number of nitrogens with zero attached hydrogens (tertiary/aromatic N) is 1. The highest BCUT2D eigenvalue weighted by atomic mass is 16.1. The van der Waals surface area contributed by atoms with Crippen LogP contribution in [0, 0.1) is 35.0 Å². The molecule has 4 fully saturated rings. The molecule has 16 heavy (non-hydrogen) atoms. The van der Waals surface area contributed by atoms with E-state index in [-0.39, 0.29) is 12.3 Å². The van der Waals surface area contributed by atoms with Crippen molar-refractivity contribution in [2.75, 3.05) is 0 Å². The minimum absolute atomic E-state index is 0.0167. The van der Waals surface area contributed by atoms with E-state index in [9.17, 15) is 4.79 Å². The highest BCUT2D eigenvalue weighted by molar-refractivity contribution is 5.78. The van der Waals surface area contributed by atoms with Crippen LogP contribution < -0.4 is 5.32 Å². The van der Waals surface area contributed by atoms with Gasteiger partial charge in [0, 0.05) is 6.04 Å². The SMILES string of the molecule is N#CCC(=O)NC1C2CC3CC(C2)CC1C3. The lowest BCUT2D eigenvalue weighted by atomic mass is 9.54. The Morgan fingerprint density at radius 1 is 1.12 bits per heavy atom. The molecule has 0 aromatic rings. The molecule has 1 amide bonds. The maximum absolute atomic E-state index is 11.5. The molecule has 0 aromatic carbocycles. The third-order valence-corrected chi connectivity index (χ3v) is 4.79. The van der Waals surface area contributed by atoms with Crippen molar-refractivity contribution in [2.24, 2.45) is 23.7 Å². The quantitative estimate of drug-likeness (QED) is 0.769. The fourth-order valence-corrected chi connectivity index (χ4v) is 4.47. The predicted octanol–water partition coefficient (Wildman–Crippen LogP) is 1.84. The van der Waals surface area contributed by atoms with Crippen LogP contribution in [0.3, 0.4) is 0 Å². The summed E-state index contributed by atoms with van der Waals surface area (Å²) in [5.74, 6) is 3.22. The summed E-state index contributed by atoms with van der Waals surface area (Å²) in [5, 5.41) is 11.6. The van der Waals surface area contributed by atoms with Gasteiger partial charge in [-0.15, -0.1) is 0 Å². The van der Waals surface area contributed by atoms with Gasteiger partial charge in [0.2, 0.25) is 5.91 Å². The molecule has 0 unspecified atom stereocenters. The zero-order chi connectivity index (χ0) is 11.1. The summed E-state index contributed by atoms with van der Waals surface area (Å²) in [6, 6.07) is 2.31. The molecule has 4 aliphatic rings. The predicted molar refractivity (Wildman–Crippen MR) is 59.2 cm³/mol. The zero-order valence-electron chi connectivity index (χ0n) is 9.48. The van der Waals surface area contributed by atoms with Gasteiger partial charge in [-0.1, -0.05) is 0 Å². The molecule has 0 aliphatic heterocycles. The normalized spacial score (nSPS) is 44.1. The van der Waals surface area contributed by atoms with Crippen molar-refractivity contribution in [3.63, 3.8) is 0 Å². The van der Waals surface area contributed by atoms with E-state index in [0.29, 0.717) is 17.9 Å². The first kappa shape index (κ1) is 10.1. The van der Waals surface area contributed by atoms with Gasteiger partial charge in [-0.3, -0.25) is 4.79 Å². The van der Waals surface area contributed by atoms with E-state index in [1.807, 2.05) is 6.07 Å². The fourth-order valence-electron chi connectivity index (χ4n) is 4.47. The van der Waals surface area contributed by atoms with Crippen molar-refractivity contribution in [3.8, 4) is 6.07 Å². The lowest BCUT2D eigenvalue weighted by Gasteiger charge is -2.54. The van der Waals surface area contributed by atoms with Crippen molar-refractivity contribution in [3.05, 3.63) is 0 Å². The minimum Gasteiger partial charge on any atom is -0.352 e. The Hall–Kier alpha value is -1.04. The van der Waals surface area contributed by atoms with Crippen LogP contribution in [0.5, 0.6) is 0 Å². The summed E-state index contributed by atoms with van der Waals surface area (Å²) in [6.07, 6.45) is 6.69. The van der Waals surface area contributed by atoms with Crippen molar-refractivity contribution in [1.82, 2.24) is 5.32 Å². The highest BCUT2D eigenvalue weighted by Gasteiger charge is 2.48. The van der Waals surface area contributed by atoms with E-state index < -0.39 is 0 Å². The fraction of sp³-hybridized carbons (Fsp3) is 0.846. The summed E-state index contributed by atoms with van der Waals surface area (Å²) in [7, 11) is 0. The van der Waals surface area contributed by atoms with Crippen molar-refractivity contribution >= 4 is 5.91 Å². The lowest BCUT2D eigenvalue weighted by Crippen LogP contribution is -2.55. The molecule has 0 radical (unpaired) electrons. The molecule has 3 nitrogen and oxygen atoms in total. The first-order chi connectivity index (χ1) is 7.76. The number of carbonyl (C=O) groups is 1. The molecule has 4 rings (SSSR count). The summed E-state index contributed by atoms with van der Waals surface area (Å²) in [5.41, 5.74) is 0. The number of nitriles is 1. The van der Waals surface area contributed by atoms with Gasteiger partial charge in [-0.2, -0.15) is 5.26 Å². The number of carbonyl (C=O) groups excluding carboxylic acids is 1. The van der Waals surface area contributed by atoms with Crippen LogP contribution in [0.4, 0.5) is 0 Å². The summed E-state index contributed by atoms with van der Waals surface area (Å²) in [6.45, 7) is 0. The number of hydrogen-bond donors (Lipinski definition) is 1. The maximum atomic E-state index is 11.5. The van der Waals surface area contributed by atoms with E-state index in [1.54, 1.807) is 0 Å². The van der Waals surface area contributed by atoms with Crippen LogP contribution in [-0.4, -0.2) is 11.9 Å².